The molecule has 134 valence electrons. The van der Waals surface area contributed by atoms with Crippen LogP contribution in [-0.2, 0) is 11.2 Å². The fourth-order valence-corrected chi connectivity index (χ4v) is 3.36. The first-order valence-electron chi connectivity index (χ1n) is 7.94. The van der Waals surface area contributed by atoms with Gasteiger partial charge in [-0.05, 0) is 37.0 Å². The molecule has 2 unspecified atom stereocenters. The summed E-state index contributed by atoms with van der Waals surface area (Å²) in [6.45, 7) is 0.398. The Bertz CT molecular complexity index is 797. The van der Waals surface area contributed by atoms with E-state index in [0.29, 0.717) is 30.7 Å². The van der Waals surface area contributed by atoms with Crippen LogP contribution in [0.2, 0.25) is 0 Å². The maximum absolute atomic E-state index is 13.4. The van der Waals surface area contributed by atoms with Crippen molar-refractivity contribution in [3.05, 3.63) is 57.6 Å². The number of hydrogen-bond acceptors (Lipinski definition) is 4. The first-order valence-corrected chi connectivity index (χ1v) is 7.94. The number of hydrogen-bond donors (Lipinski definition) is 1. The van der Waals surface area contributed by atoms with Crippen LogP contribution in [0.25, 0.3) is 0 Å². The van der Waals surface area contributed by atoms with Crippen LogP contribution in [0.5, 0.6) is 0 Å². The molecule has 0 aliphatic carbocycles. The van der Waals surface area contributed by atoms with Crippen molar-refractivity contribution in [1.29, 1.82) is 0 Å². The summed E-state index contributed by atoms with van der Waals surface area (Å²) >= 11 is 0. The Morgan fingerprint density at radius 2 is 2.04 bits per heavy atom. The van der Waals surface area contributed by atoms with Crippen LogP contribution in [0.3, 0.4) is 0 Å². The Labute approximate surface area is 142 Å². The quantitative estimate of drug-likeness (QED) is 0.922. The molecule has 8 heteroatoms. The molecule has 1 N–H and O–H groups in total. The number of nitrogens with zero attached hydrogens (tertiary/aromatic N) is 1. The molecule has 2 aromatic rings. The lowest BCUT2D eigenvalue weighted by Crippen LogP contribution is -2.46. The highest BCUT2D eigenvalue weighted by Gasteiger charge is 2.34. The molecule has 6 nitrogen and oxygen atoms in total. The third-order valence-corrected chi connectivity index (χ3v) is 4.46. The summed E-state index contributed by atoms with van der Waals surface area (Å²) < 4.78 is 36.9. The van der Waals surface area contributed by atoms with Crippen LogP contribution in [0.4, 0.5) is 13.6 Å². The second kappa shape index (κ2) is 7.08. The smallest absolute Gasteiger partial charge is 0.409 e. The molecule has 25 heavy (non-hydrogen) atoms. The molecule has 0 bridgehead atoms. The van der Waals surface area contributed by atoms with Crippen molar-refractivity contribution in [2.45, 2.75) is 31.2 Å². The zero-order valence-electron chi connectivity index (χ0n) is 13.6. The lowest BCUT2D eigenvalue weighted by molar-refractivity contribution is 0.0816. The number of likely N-dealkylation sites (tertiary alicyclic amines) is 1. The monoisotopic (exact) mass is 352 g/mol. The molecule has 1 amide bonds. The van der Waals surface area contributed by atoms with Crippen molar-refractivity contribution >= 4 is 6.09 Å². The summed E-state index contributed by atoms with van der Waals surface area (Å²) in [4.78, 5) is 24.9. The minimum Gasteiger partial charge on any atom is -0.453 e. The van der Waals surface area contributed by atoms with E-state index in [0.717, 1.165) is 6.07 Å². The van der Waals surface area contributed by atoms with E-state index < -0.39 is 17.7 Å². The number of carbonyl (C=O) groups excluding carboxylic acids is 1. The van der Waals surface area contributed by atoms with Crippen molar-refractivity contribution in [2.75, 3.05) is 13.7 Å². The summed E-state index contributed by atoms with van der Waals surface area (Å²) in [5, 5.41) is 2.26. The van der Waals surface area contributed by atoms with Crippen LogP contribution in [0.1, 0.15) is 30.1 Å². The van der Waals surface area contributed by atoms with Gasteiger partial charge in [0.1, 0.15) is 17.4 Å². The van der Waals surface area contributed by atoms with Gasteiger partial charge in [0, 0.05) is 30.6 Å². The second-order valence-corrected chi connectivity index (χ2v) is 6.14. The second-order valence-electron chi connectivity index (χ2n) is 6.14. The van der Waals surface area contributed by atoms with Crippen molar-refractivity contribution in [2.24, 2.45) is 0 Å². The predicted octanol–water partition coefficient (Wildman–Crippen LogP) is 2.80. The van der Waals surface area contributed by atoms with Gasteiger partial charge in [0.05, 0.1) is 7.11 Å². The van der Waals surface area contributed by atoms with Crippen LogP contribution in [0.15, 0.2) is 33.6 Å². The Morgan fingerprint density at radius 1 is 1.32 bits per heavy atom. The summed E-state index contributed by atoms with van der Waals surface area (Å²) in [5.41, 5.74) is 0.127. The lowest BCUT2D eigenvalue weighted by atomic mass is 9.86. The number of piperidine rings is 1. The number of H-pyrrole nitrogens is 1. The normalized spacial score (nSPS) is 20.5. The number of rotatable bonds is 3. The Balaban J connectivity index is 1.83. The third-order valence-electron chi connectivity index (χ3n) is 4.46. The first kappa shape index (κ1) is 17.2. The summed E-state index contributed by atoms with van der Waals surface area (Å²) in [6.07, 6.45) is 0.878. The van der Waals surface area contributed by atoms with E-state index in [4.69, 9.17) is 9.26 Å². The van der Waals surface area contributed by atoms with Gasteiger partial charge in [-0.1, -0.05) is 0 Å². The lowest BCUT2D eigenvalue weighted by Gasteiger charge is -2.38. The fourth-order valence-electron chi connectivity index (χ4n) is 3.36. The minimum atomic E-state index is -0.663. The SMILES string of the molecule is COC(=O)N1CCC(c2cc(=O)[nH]o2)CC1Cc1cc(F)cc(F)c1. The molecule has 1 aromatic carbocycles. The van der Waals surface area contributed by atoms with E-state index in [9.17, 15) is 18.4 Å². The number of methoxy groups -OCH3 is 1. The maximum atomic E-state index is 13.4. The van der Waals surface area contributed by atoms with Gasteiger partial charge in [0.2, 0.25) is 0 Å². The number of aromatic amines is 1. The molecule has 1 saturated heterocycles. The Morgan fingerprint density at radius 3 is 2.64 bits per heavy atom. The van der Waals surface area contributed by atoms with Crippen molar-refractivity contribution < 1.29 is 22.8 Å². The van der Waals surface area contributed by atoms with Crippen molar-refractivity contribution in [3.8, 4) is 0 Å². The standard InChI is InChI=1S/C17H18F2N2O4/c1-24-17(23)21-3-2-11(15-9-16(22)20-25-15)7-14(21)6-10-4-12(18)8-13(19)5-10/h4-5,8-9,11,14H,2-3,6-7H2,1H3,(H,20,22). The van der Waals surface area contributed by atoms with Gasteiger partial charge in [-0.25, -0.2) is 13.6 Å². The van der Waals surface area contributed by atoms with Gasteiger partial charge < -0.3 is 14.2 Å². The number of carbonyl (C=O) groups is 1. The molecular formula is C17H18F2N2O4. The summed E-state index contributed by atoms with van der Waals surface area (Å²) in [5.74, 6) is -0.875. The van der Waals surface area contributed by atoms with E-state index in [2.05, 4.69) is 5.16 Å². The van der Waals surface area contributed by atoms with Gasteiger partial charge in [-0.2, -0.15) is 5.16 Å². The van der Waals surface area contributed by atoms with Crippen LogP contribution < -0.4 is 5.56 Å². The molecule has 1 aliphatic rings. The molecule has 1 aromatic heterocycles. The van der Waals surface area contributed by atoms with Gasteiger partial charge in [0.15, 0.2) is 0 Å². The Hall–Kier alpha value is -2.64. The number of ether oxygens (including phenoxy) is 1. The maximum Gasteiger partial charge on any atom is 0.409 e. The first-order chi connectivity index (χ1) is 12.0. The van der Waals surface area contributed by atoms with E-state index in [1.54, 1.807) is 4.90 Å². The van der Waals surface area contributed by atoms with Crippen LogP contribution in [-0.4, -0.2) is 35.8 Å². The molecule has 2 heterocycles. The molecule has 1 aliphatic heterocycles. The topological polar surface area (TPSA) is 75.5 Å². The molecule has 0 saturated carbocycles. The summed E-state index contributed by atoms with van der Waals surface area (Å²) in [6, 6.07) is 4.36. The number of aromatic nitrogens is 1. The predicted molar refractivity (Wildman–Crippen MR) is 84.3 cm³/mol. The number of benzene rings is 1. The molecule has 3 rings (SSSR count). The van der Waals surface area contributed by atoms with E-state index >= 15 is 0 Å². The van der Waals surface area contributed by atoms with E-state index in [1.807, 2.05) is 0 Å². The fraction of sp³-hybridized carbons (Fsp3) is 0.412. The summed E-state index contributed by atoms with van der Waals surface area (Å²) in [7, 11) is 1.29. The average Bonchev–Trinajstić information content (AvgIpc) is 2.99. The highest BCUT2D eigenvalue weighted by molar-refractivity contribution is 5.68. The number of halogens is 2. The molecular weight excluding hydrogens is 334 g/mol. The molecule has 1 fully saturated rings. The number of nitrogens with one attached hydrogen (secondary N) is 1. The number of amides is 1. The molecule has 0 radical (unpaired) electrons. The zero-order valence-corrected chi connectivity index (χ0v) is 13.6. The van der Waals surface area contributed by atoms with Crippen molar-refractivity contribution in [3.63, 3.8) is 0 Å². The van der Waals surface area contributed by atoms with Gasteiger partial charge in [-0.3, -0.25) is 4.79 Å². The molecule has 0 spiro atoms. The average molecular weight is 352 g/mol. The Kier molecular flexibility index (Phi) is 4.87. The van der Waals surface area contributed by atoms with E-state index in [-0.39, 0.29) is 23.9 Å². The van der Waals surface area contributed by atoms with Crippen LogP contribution in [0, 0.1) is 11.6 Å². The van der Waals surface area contributed by atoms with Crippen LogP contribution >= 0.6 is 0 Å². The largest absolute Gasteiger partial charge is 0.453 e. The third kappa shape index (κ3) is 3.89. The zero-order chi connectivity index (χ0) is 18.0. The van der Waals surface area contributed by atoms with E-state index in [1.165, 1.54) is 25.3 Å². The highest BCUT2D eigenvalue weighted by Crippen LogP contribution is 2.33. The minimum absolute atomic E-state index is 0.0664. The van der Waals surface area contributed by atoms with Crippen molar-refractivity contribution in [1.82, 2.24) is 10.1 Å². The van der Waals surface area contributed by atoms with Gasteiger partial charge >= 0.3 is 6.09 Å². The highest BCUT2D eigenvalue weighted by atomic mass is 19.1. The van der Waals surface area contributed by atoms with Gasteiger partial charge in [-0.15, -0.1) is 0 Å². The molecule has 2 atom stereocenters. The van der Waals surface area contributed by atoms with Gasteiger partial charge in [0.25, 0.3) is 5.56 Å².